The molecule has 1 unspecified atom stereocenters. The Bertz CT molecular complexity index is 1890. The molecule has 5 aromatic rings. The van der Waals surface area contributed by atoms with Crippen LogP contribution in [0.4, 0.5) is 11.4 Å². The van der Waals surface area contributed by atoms with Crippen LogP contribution in [0, 0.1) is 13.8 Å². The number of carbonyl (C=O) groups is 3. The zero-order valence-electron chi connectivity index (χ0n) is 25.3. The zero-order chi connectivity index (χ0) is 32.5. The highest BCUT2D eigenvalue weighted by Gasteiger charge is 2.23. The van der Waals surface area contributed by atoms with Crippen LogP contribution in [0.3, 0.4) is 0 Å². The fourth-order valence-electron chi connectivity index (χ4n) is 4.74. The summed E-state index contributed by atoms with van der Waals surface area (Å²) in [5.74, 6) is -1.04. The first kappa shape index (κ1) is 32.5. The molecule has 230 valence electrons. The van der Waals surface area contributed by atoms with Crippen molar-refractivity contribution in [3.8, 4) is 0 Å². The van der Waals surface area contributed by atoms with Crippen molar-refractivity contribution in [2.75, 3.05) is 10.6 Å². The molecular weight excluding hydrogens is 658 g/mol. The van der Waals surface area contributed by atoms with Gasteiger partial charge >= 0.3 is 0 Å². The lowest BCUT2D eigenvalue weighted by Crippen LogP contribution is -2.30. The highest BCUT2D eigenvalue weighted by molar-refractivity contribution is 9.10. The minimum Gasteiger partial charge on any atom is -0.325 e. The van der Waals surface area contributed by atoms with Crippen molar-refractivity contribution < 1.29 is 14.4 Å². The summed E-state index contributed by atoms with van der Waals surface area (Å²) >= 11 is 4.85. The Morgan fingerprint density at radius 3 is 2.17 bits per heavy atom. The van der Waals surface area contributed by atoms with E-state index in [2.05, 4.69) is 31.9 Å². The Morgan fingerprint density at radius 2 is 1.46 bits per heavy atom. The van der Waals surface area contributed by atoms with E-state index in [-0.39, 0.29) is 11.6 Å². The molecule has 0 bridgehead atoms. The van der Waals surface area contributed by atoms with E-state index in [0.717, 1.165) is 37.3 Å². The van der Waals surface area contributed by atoms with E-state index >= 15 is 0 Å². The van der Waals surface area contributed by atoms with Gasteiger partial charge in [0.2, 0.25) is 5.91 Å². The van der Waals surface area contributed by atoms with Crippen LogP contribution in [-0.4, -0.2) is 17.7 Å². The number of anilines is 2. The maximum atomic E-state index is 13.7. The second kappa shape index (κ2) is 15.4. The van der Waals surface area contributed by atoms with Crippen molar-refractivity contribution >= 4 is 62.9 Å². The van der Waals surface area contributed by atoms with Crippen LogP contribution in [0.15, 0.2) is 142 Å². The van der Waals surface area contributed by atoms with Crippen LogP contribution in [0.2, 0.25) is 0 Å². The van der Waals surface area contributed by atoms with E-state index in [1.54, 1.807) is 36.4 Å². The molecule has 0 radical (unpaired) electrons. The van der Waals surface area contributed by atoms with Crippen LogP contribution in [-0.2, 0) is 9.59 Å². The Hall–Kier alpha value is -4.92. The van der Waals surface area contributed by atoms with Gasteiger partial charge in [-0.25, -0.2) is 0 Å². The lowest BCUT2D eigenvalue weighted by molar-refractivity contribution is -0.116. The highest BCUT2D eigenvalue weighted by atomic mass is 79.9. The van der Waals surface area contributed by atoms with Crippen molar-refractivity contribution in [1.82, 2.24) is 5.32 Å². The average molecular weight is 691 g/mol. The molecule has 8 heteroatoms. The predicted octanol–water partition coefficient (Wildman–Crippen LogP) is 8.95. The van der Waals surface area contributed by atoms with Gasteiger partial charge in [-0.05, 0) is 85.1 Å². The number of carbonyl (C=O) groups excluding carboxylic acids is 3. The molecule has 46 heavy (non-hydrogen) atoms. The van der Waals surface area contributed by atoms with Gasteiger partial charge in [0.1, 0.15) is 10.9 Å². The zero-order valence-corrected chi connectivity index (χ0v) is 27.7. The normalized spacial score (nSPS) is 11.8. The summed E-state index contributed by atoms with van der Waals surface area (Å²) in [7, 11) is 0. The topological polar surface area (TPSA) is 87.3 Å². The van der Waals surface area contributed by atoms with Gasteiger partial charge in [-0.15, -0.1) is 11.8 Å². The van der Waals surface area contributed by atoms with E-state index < -0.39 is 17.1 Å². The summed E-state index contributed by atoms with van der Waals surface area (Å²) in [4.78, 5) is 41.1. The standard InChI is InChI=1S/C38H32BrN3O3S/c1-25-19-20-33(26(2)21-25)41-38(45)35(28-12-5-3-6-13-28)46-32-18-10-17-31(24-32)40-37(44)34(23-27-11-9-16-30(39)22-27)42-36(43)29-14-7-4-8-15-29/h3-24,35H,1-2H3,(H,40,44)(H,41,45)(H,42,43)/b34-23+. The van der Waals surface area contributed by atoms with E-state index in [1.165, 1.54) is 11.8 Å². The largest absolute Gasteiger partial charge is 0.325 e. The van der Waals surface area contributed by atoms with Gasteiger partial charge in [0.05, 0.1) is 0 Å². The quantitative estimate of drug-likeness (QED) is 0.101. The molecule has 0 aliphatic rings. The van der Waals surface area contributed by atoms with Crippen molar-refractivity contribution in [3.05, 3.63) is 165 Å². The minimum atomic E-state index is -0.551. The van der Waals surface area contributed by atoms with Gasteiger partial charge in [-0.1, -0.05) is 100 Å². The van der Waals surface area contributed by atoms with Crippen molar-refractivity contribution in [3.63, 3.8) is 0 Å². The molecule has 6 nitrogen and oxygen atoms in total. The smallest absolute Gasteiger partial charge is 0.272 e. The van der Waals surface area contributed by atoms with Crippen molar-refractivity contribution in [1.29, 1.82) is 0 Å². The first-order valence-corrected chi connectivity index (χ1v) is 16.3. The van der Waals surface area contributed by atoms with Gasteiger partial charge in [0.25, 0.3) is 11.8 Å². The summed E-state index contributed by atoms with van der Waals surface area (Å²) in [5, 5.41) is 8.24. The predicted molar refractivity (Wildman–Crippen MR) is 191 cm³/mol. The van der Waals surface area contributed by atoms with Gasteiger partial charge in [0, 0.05) is 26.3 Å². The van der Waals surface area contributed by atoms with Crippen LogP contribution in [0.25, 0.3) is 6.08 Å². The lowest BCUT2D eigenvalue weighted by atomic mass is 10.1. The van der Waals surface area contributed by atoms with Crippen LogP contribution >= 0.6 is 27.7 Å². The third-order valence-electron chi connectivity index (χ3n) is 7.01. The number of amides is 3. The maximum absolute atomic E-state index is 13.7. The van der Waals surface area contributed by atoms with Crippen LogP contribution < -0.4 is 16.0 Å². The SMILES string of the molecule is Cc1ccc(NC(=O)C(Sc2cccc(NC(=O)/C(=C\c3cccc(Br)c3)NC(=O)c3ccccc3)c2)c2ccccc2)c(C)c1. The molecule has 0 aliphatic carbocycles. The van der Waals surface area contributed by atoms with Gasteiger partial charge < -0.3 is 16.0 Å². The first-order chi connectivity index (χ1) is 22.2. The Balaban J connectivity index is 1.38. The number of benzene rings is 5. The molecule has 1 atom stereocenters. The van der Waals surface area contributed by atoms with E-state index in [9.17, 15) is 14.4 Å². The number of hydrogen-bond acceptors (Lipinski definition) is 4. The van der Waals surface area contributed by atoms with E-state index in [1.807, 2.05) is 111 Å². The molecule has 0 saturated heterocycles. The number of nitrogens with one attached hydrogen (secondary N) is 3. The maximum Gasteiger partial charge on any atom is 0.272 e. The van der Waals surface area contributed by atoms with E-state index in [4.69, 9.17) is 0 Å². The molecule has 0 heterocycles. The highest BCUT2D eigenvalue weighted by Crippen LogP contribution is 2.37. The second-order valence-corrected chi connectivity index (χ2v) is 12.7. The van der Waals surface area contributed by atoms with Gasteiger partial charge in [0.15, 0.2) is 0 Å². The van der Waals surface area contributed by atoms with Gasteiger partial charge in [-0.3, -0.25) is 14.4 Å². The Morgan fingerprint density at radius 1 is 0.739 bits per heavy atom. The fourth-order valence-corrected chi connectivity index (χ4v) is 6.24. The summed E-state index contributed by atoms with van der Waals surface area (Å²) < 4.78 is 0.842. The number of thioether (sulfide) groups is 1. The van der Waals surface area contributed by atoms with E-state index in [0.29, 0.717) is 11.3 Å². The summed E-state index contributed by atoms with van der Waals surface area (Å²) in [6.07, 6.45) is 1.63. The lowest BCUT2D eigenvalue weighted by Gasteiger charge is -2.19. The summed E-state index contributed by atoms with van der Waals surface area (Å²) in [6, 6.07) is 39.0. The molecule has 5 rings (SSSR count). The number of rotatable bonds is 10. The van der Waals surface area contributed by atoms with Crippen molar-refractivity contribution in [2.24, 2.45) is 0 Å². The van der Waals surface area contributed by atoms with Gasteiger partial charge in [-0.2, -0.15) is 0 Å². The second-order valence-electron chi connectivity index (χ2n) is 10.6. The van der Waals surface area contributed by atoms with Crippen LogP contribution in [0.1, 0.15) is 37.9 Å². The first-order valence-electron chi connectivity index (χ1n) is 14.6. The number of aryl methyl sites for hydroxylation is 2. The summed E-state index contributed by atoms with van der Waals surface area (Å²) in [6.45, 7) is 3.99. The molecule has 0 spiro atoms. The monoisotopic (exact) mass is 689 g/mol. The Kier molecular flexibility index (Phi) is 10.9. The third kappa shape index (κ3) is 8.84. The molecule has 3 N–H and O–H groups in total. The minimum absolute atomic E-state index is 0.0833. The molecule has 0 aliphatic heterocycles. The molecule has 5 aromatic carbocycles. The summed E-state index contributed by atoms with van der Waals surface area (Å²) in [5.41, 5.74) is 5.49. The third-order valence-corrected chi connectivity index (χ3v) is 8.76. The number of hydrogen-bond donors (Lipinski definition) is 3. The van der Waals surface area contributed by atoms with Crippen molar-refractivity contribution in [2.45, 2.75) is 24.0 Å². The average Bonchev–Trinajstić information content (AvgIpc) is 3.05. The molecule has 0 fully saturated rings. The Labute approximate surface area is 281 Å². The van der Waals surface area contributed by atoms with Crippen LogP contribution in [0.5, 0.6) is 0 Å². The molecule has 0 saturated carbocycles. The molecule has 0 aromatic heterocycles. The molecule has 3 amide bonds. The number of halogens is 1. The molecular formula is C38H32BrN3O3S. The fraction of sp³-hybridized carbons (Fsp3) is 0.0789.